The second kappa shape index (κ2) is 6.58. The highest BCUT2D eigenvalue weighted by molar-refractivity contribution is 9.10. The quantitative estimate of drug-likeness (QED) is 0.796. The molecule has 112 valence electrons. The predicted octanol–water partition coefficient (Wildman–Crippen LogP) is 4.64. The molecule has 0 unspecified atom stereocenters. The van der Waals surface area contributed by atoms with Gasteiger partial charge in [0.2, 0.25) is 0 Å². The molecule has 0 fully saturated rings. The average Bonchev–Trinajstić information content (AvgIpc) is 2.78. The second-order valence-corrected chi connectivity index (χ2v) is 6.23. The molecule has 0 aliphatic rings. The summed E-state index contributed by atoms with van der Waals surface area (Å²) < 4.78 is 19.3. The predicted molar refractivity (Wildman–Crippen MR) is 87.2 cm³/mol. The first-order chi connectivity index (χ1) is 9.99. The Labute approximate surface area is 135 Å². The zero-order chi connectivity index (χ0) is 15.6. The van der Waals surface area contributed by atoms with Crippen LogP contribution in [-0.2, 0) is 11.2 Å². The number of rotatable bonds is 4. The summed E-state index contributed by atoms with van der Waals surface area (Å²) in [4.78, 5) is 13.1. The maximum atomic E-state index is 13.5. The first-order valence-electron chi connectivity index (χ1n) is 6.53. The van der Waals surface area contributed by atoms with Crippen LogP contribution in [0.2, 0.25) is 0 Å². The van der Waals surface area contributed by atoms with Crippen LogP contribution in [0.3, 0.4) is 0 Å². The minimum Gasteiger partial charge on any atom is -0.462 e. The molecule has 0 atom stereocenters. The lowest BCUT2D eigenvalue weighted by Crippen LogP contribution is -2.05. The minimum absolute atomic E-state index is 0.288. The molecule has 2 rings (SSSR count). The van der Waals surface area contributed by atoms with Crippen molar-refractivity contribution in [1.82, 2.24) is 0 Å². The number of esters is 1. The van der Waals surface area contributed by atoms with Crippen LogP contribution in [0, 0.1) is 5.82 Å². The summed E-state index contributed by atoms with van der Waals surface area (Å²) in [5, 5.41) is 0. The standard InChI is InChI=1S/C15H15BrFNO2S/c1-3-9-12(18)14(15(19)20-4-2)21-13(9)10-7-8(17)5-6-11(10)16/h5-7H,3-4,18H2,1-2H3. The lowest BCUT2D eigenvalue weighted by atomic mass is 10.1. The van der Waals surface area contributed by atoms with Crippen LogP contribution in [0.4, 0.5) is 10.1 Å². The summed E-state index contributed by atoms with van der Waals surface area (Å²) in [5.74, 6) is -0.770. The molecule has 3 nitrogen and oxygen atoms in total. The molecule has 6 heteroatoms. The van der Waals surface area contributed by atoms with Gasteiger partial charge < -0.3 is 10.5 Å². The van der Waals surface area contributed by atoms with Crippen molar-refractivity contribution in [3.63, 3.8) is 0 Å². The summed E-state index contributed by atoms with van der Waals surface area (Å²) in [6.45, 7) is 3.98. The van der Waals surface area contributed by atoms with E-state index in [1.807, 2.05) is 6.92 Å². The van der Waals surface area contributed by atoms with E-state index in [1.54, 1.807) is 13.0 Å². The number of carbonyl (C=O) groups is 1. The van der Waals surface area contributed by atoms with Gasteiger partial charge >= 0.3 is 5.97 Å². The number of halogens is 2. The molecule has 1 aromatic heterocycles. The third-order valence-corrected chi connectivity index (χ3v) is 4.99. The average molecular weight is 372 g/mol. The van der Waals surface area contributed by atoms with Gasteiger partial charge in [-0.05, 0) is 37.1 Å². The third kappa shape index (κ3) is 3.11. The van der Waals surface area contributed by atoms with Gasteiger partial charge in [-0.2, -0.15) is 0 Å². The number of ether oxygens (including phenoxy) is 1. The largest absolute Gasteiger partial charge is 0.462 e. The minimum atomic E-state index is -0.437. The van der Waals surface area contributed by atoms with E-state index >= 15 is 0 Å². The maximum Gasteiger partial charge on any atom is 0.350 e. The van der Waals surface area contributed by atoms with Crippen molar-refractivity contribution in [3.05, 3.63) is 38.9 Å². The van der Waals surface area contributed by atoms with E-state index in [2.05, 4.69) is 15.9 Å². The number of nitrogens with two attached hydrogens (primary N) is 1. The molecule has 0 saturated carbocycles. The molecule has 21 heavy (non-hydrogen) atoms. The number of carbonyl (C=O) groups excluding carboxylic acids is 1. The molecule has 0 amide bonds. The van der Waals surface area contributed by atoms with E-state index in [0.29, 0.717) is 22.5 Å². The summed E-state index contributed by atoms with van der Waals surface area (Å²) in [5.41, 5.74) is 8.03. The molecule has 0 bridgehead atoms. The van der Waals surface area contributed by atoms with Crippen molar-refractivity contribution in [3.8, 4) is 10.4 Å². The van der Waals surface area contributed by atoms with Gasteiger partial charge in [0.15, 0.2) is 0 Å². The van der Waals surface area contributed by atoms with Crippen LogP contribution in [0.25, 0.3) is 10.4 Å². The zero-order valence-corrected chi connectivity index (χ0v) is 14.1. The molecule has 1 aromatic carbocycles. The molecule has 0 aliphatic carbocycles. The fraction of sp³-hybridized carbons (Fsp3) is 0.267. The normalized spacial score (nSPS) is 10.7. The van der Waals surface area contributed by atoms with E-state index in [4.69, 9.17) is 10.5 Å². The van der Waals surface area contributed by atoms with Crippen LogP contribution >= 0.6 is 27.3 Å². The Balaban J connectivity index is 2.61. The molecule has 0 radical (unpaired) electrons. The lowest BCUT2D eigenvalue weighted by Gasteiger charge is -2.05. The monoisotopic (exact) mass is 371 g/mol. The molecule has 1 heterocycles. The zero-order valence-electron chi connectivity index (χ0n) is 11.7. The van der Waals surface area contributed by atoms with Crippen LogP contribution in [-0.4, -0.2) is 12.6 Å². The van der Waals surface area contributed by atoms with Crippen LogP contribution in [0.1, 0.15) is 29.1 Å². The maximum absolute atomic E-state index is 13.5. The van der Waals surface area contributed by atoms with Gasteiger partial charge in [0.25, 0.3) is 0 Å². The van der Waals surface area contributed by atoms with E-state index in [9.17, 15) is 9.18 Å². The highest BCUT2D eigenvalue weighted by Gasteiger charge is 2.23. The third-order valence-electron chi connectivity index (χ3n) is 3.04. The Morgan fingerprint density at radius 3 is 2.76 bits per heavy atom. The second-order valence-electron chi connectivity index (χ2n) is 4.35. The number of thiophene rings is 1. The first-order valence-corrected chi connectivity index (χ1v) is 8.14. The highest BCUT2D eigenvalue weighted by atomic mass is 79.9. The number of anilines is 1. The van der Waals surface area contributed by atoms with Gasteiger partial charge in [-0.15, -0.1) is 11.3 Å². The number of nitrogen functional groups attached to an aromatic ring is 1. The highest BCUT2D eigenvalue weighted by Crippen LogP contribution is 2.42. The Morgan fingerprint density at radius 2 is 2.14 bits per heavy atom. The van der Waals surface area contributed by atoms with E-state index in [-0.39, 0.29) is 12.4 Å². The Hall–Kier alpha value is -1.40. The van der Waals surface area contributed by atoms with Gasteiger partial charge in [0.05, 0.1) is 12.3 Å². The number of hydrogen-bond donors (Lipinski definition) is 1. The molecular formula is C15H15BrFNO2S. The van der Waals surface area contributed by atoms with Gasteiger partial charge in [0, 0.05) is 14.9 Å². The SMILES string of the molecule is CCOC(=O)c1sc(-c2cc(F)ccc2Br)c(CC)c1N. The molecule has 0 aliphatic heterocycles. The molecule has 0 spiro atoms. The lowest BCUT2D eigenvalue weighted by molar-refractivity contribution is 0.0533. The summed E-state index contributed by atoms with van der Waals surface area (Å²) in [6, 6.07) is 4.45. The smallest absolute Gasteiger partial charge is 0.350 e. The molecular weight excluding hydrogens is 357 g/mol. The Kier molecular flexibility index (Phi) is 5.00. The topological polar surface area (TPSA) is 52.3 Å². The van der Waals surface area contributed by atoms with E-state index < -0.39 is 5.97 Å². The van der Waals surface area contributed by atoms with Crippen LogP contribution in [0.15, 0.2) is 22.7 Å². The van der Waals surface area contributed by atoms with Crippen molar-refractivity contribution in [2.24, 2.45) is 0 Å². The van der Waals surface area contributed by atoms with E-state index in [0.717, 1.165) is 14.9 Å². The molecule has 2 aromatic rings. The van der Waals surface area contributed by atoms with Gasteiger partial charge in [-0.25, -0.2) is 9.18 Å². The summed E-state index contributed by atoms with van der Waals surface area (Å²) >= 11 is 4.65. The molecule has 0 saturated heterocycles. The molecule has 2 N–H and O–H groups in total. The fourth-order valence-corrected chi connectivity index (χ4v) is 3.88. The van der Waals surface area contributed by atoms with Crippen molar-refractivity contribution < 1.29 is 13.9 Å². The van der Waals surface area contributed by atoms with Crippen molar-refractivity contribution >= 4 is 38.9 Å². The fourth-order valence-electron chi connectivity index (χ4n) is 2.07. The summed E-state index contributed by atoms with van der Waals surface area (Å²) in [6.07, 6.45) is 0.653. The van der Waals surface area contributed by atoms with Crippen molar-refractivity contribution in [1.29, 1.82) is 0 Å². The number of benzene rings is 1. The van der Waals surface area contributed by atoms with E-state index in [1.165, 1.54) is 23.5 Å². The summed E-state index contributed by atoms with van der Waals surface area (Å²) in [7, 11) is 0. The Morgan fingerprint density at radius 1 is 1.43 bits per heavy atom. The van der Waals surface area contributed by atoms with Gasteiger partial charge in [0.1, 0.15) is 10.7 Å². The van der Waals surface area contributed by atoms with Crippen LogP contribution in [0.5, 0.6) is 0 Å². The van der Waals surface area contributed by atoms with Gasteiger partial charge in [-0.1, -0.05) is 22.9 Å². The van der Waals surface area contributed by atoms with Crippen LogP contribution < -0.4 is 5.73 Å². The Bertz CT molecular complexity index is 685. The van der Waals surface area contributed by atoms with Crippen molar-refractivity contribution in [2.75, 3.05) is 12.3 Å². The number of hydrogen-bond acceptors (Lipinski definition) is 4. The first kappa shape index (κ1) is 16.0. The van der Waals surface area contributed by atoms with Crippen molar-refractivity contribution in [2.45, 2.75) is 20.3 Å². The van der Waals surface area contributed by atoms with Gasteiger partial charge in [-0.3, -0.25) is 0 Å².